The molecule has 2 rings (SSSR count). The molecular weight excluding hydrogens is 232 g/mol. The lowest BCUT2D eigenvalue weighted by atomic mass is 9.90. The maximum Gasteiger partial charge on any atom is 0.220 e. The molecule has 4 heteroatoms. The molecule has 1 saturated carbocycles. The summed E-state index contributed by atoms with van der Waals surface area (Å²) >= 11 is 2.01. The van der Waals surface area contributed by atoms with E-state index in [0.717, 1.165) is 12.8 Å². The molecular formula is C13H24N2OS. The molecule has 0 spiro atoms. The predicted octanol–water partition coefficient (Wildman–Crippen LogP) is 1.91. The van der Waals surface area contributed by atoms with Crippen molar-refractivity contribution < 1.29 is 4.79 Å². The minimum Gasteiger partial charge on any atom is -0.352 e. The molecule has 2 fully saturated rings. The Labute approximate surface area is 108 Å². The van der Waals surface area contributed by atoms with Gasteiger partial charge in [-0.3, -0.25) is 4.79 Å². The van der Waals surface area contributed by atoms with Gasteiger partial charge >= 0.3 is 0 Å². The summed E-state index contributed by atoms with van der Waals surface area (Å²) < 4.78 is 0. The summed E-state index contributed by atoms with van der Waals surface area (Å²) in [5.74, 6) is 3.28. The first kappa shape index (κ1) is 13.2. The monoisotopic (exact) mass is 256 g/mol. The van der Waals surface area contributed by atoms with Crippen LogP contribution in [0.2, 0.25) is 0 Å². The first-order valence-electron chi connectivity index (χ1n) is 6.88. The van der Waals surface area contributed by atoms with Gasteiger partial charge in [0.1, 0.15) is 0 Å². The highest BCUT2D eigenvalue weighted by molar-refractivity contribution is 7.99. The van der Waals surface area contributed by atoms with Crippen molar-refractivity contribution >= 4 is 17.7 Å². The van der Waals surface area contributed by atoms with Gasteiger partial charge in [-0.15, -0.1) is 0 Å². The Bertz CT molecular complexity index is 254. The van der Waals surface area contributed by atoms with E-state index in [1.54, 1.807) is 0 Å². The maximum absolute atomic E-state index is 12.0. The molecule has 2 atom stereocenters. The van der Waals surface area contributed by atoms with E-state index < -0.39 is 0 Å². The lowest BCUT2D eigenvalue weighted by molar-refractivity contribution is -0.123. The van der Waals surface area contributed by atoms with E-state index in [0.29, 0.717) is 12.3 Å². The number of nitrogens with two attached hydrogens (primary N) is 1. The highest BCUT2D eigenvalue weighted by Gasteiger charge is 2.24. The zero-order valence-electron chi connectivity index (χ0n) is 10.5. The molecule has 1 saturated heterocycles. The first-order chi connectivity index (χ1) is 8.25. The van der Waals surface area contributed by atoms with Crippen LogP contribution in [0, 0.1) is 5.92 Å². The Morgan fingerprint density at radius 3 is 2.59 bits per heavy atom. The summed E-state index contributed by atoms with van der Waals surface area (Å²) in [6.45, 7) is 0. The minimum absolute atomic E-state index is 0.176. The second-order valence-corrected chi connectivity index (χ2v) is 6.61. The number of amides is 1. The molecule has 3 nitrogen and oxygen atoms in total. The molecule has 1 amide bonds. The van der Waals surface area contributed by atoms with E-state index in [1.807, 2.05) is 11.8 Å². The fraction of sp³-hybridized carbons (Fsp3) is 0.923. The predicted molar refractivity (Wildman–Crippen MR) is 73.0 cm³/mol. The summed E-state index contributed by atoms with van der Waals surface area (Å²) in [4.78, 5) is 12.0. The van der Waals surface area contributed by atoms with Gasteiger partial charge in [-0.25, -0.2) is 0 Å². The molecule has 17 heavy (non-hydrogen) atoms. The molecule has 3 N–H and O–H groups in total. The smallest absolute Gasteiger partial charge is 0.220 e. The van der Waals surface area contributed by atoms with Crippen LogP contribution in [0.3, 0.4) is 0 Å². The minimum atomic E-state index is 0.176. The number of hydrogen-bond donors (Lipinski definition) is 2. The van der Waals surface area contributed by atoms with Crippen LogP contribution in [0.15, 0.2) is 0 Å². The fourth-order valence-corrected chi connectivity index (χ4v) is 4.02. The second kappa shape index (κ2) is 6.64. The van der Waals surface area contributed by atoms with Crippen molar-refractivity contribution in [2.45, 2.75) is 57.0 Å². The largest absolute Gasteiger partial charge is 0.352 e. The van der Waals surface area contributed by atoms with E-state index in [1.165, 1.54) is 37.2 Å². The van der Waals surface area contributed by atoms with Crippen LogP contribution in [-0.4, -0.2) is 29.5 Å². The molecule has 0 aromatic carbocycles. The molecule has 0 aromatic heterocycles. The molecule has 0 radical (unpaired) electrons. The van der Waals surface area contributed by atoms with Crippen LogP contribution < -0.4 is 11.1 Å². The van der Waals surface area contributed by atoms with E-state index in [9.17, 15) is 4.79 Å². The molecule has 1 aliphatic carbocycles. The Kier molecular flexibility index (Phi) is 5.16. The van der Waals surface area contributed by atoms with Crippen LogP contribution >= 0.6 is 11.8 Å². The zero-order chi connectivity index (χ0) is 12.1. The summed E-state index contributed by atoms with van der Waals surface area (Å²) in [6.07, 6.45) is 7.66. The van der Waals surface area contributed by atoms with Crippen molar-refractivity contribution in [2.24, 2.45) is 11.7 Å². The topological polar surface area (TPSA) is 55.1 Å². The van der Waals surface area contributed by atoms with Gasteiger partial charge in [-0.2, -0.15) is 11.8 Å². The Hall–Kier alpha value is -0.220. The van der Waals surface area contributed by atoms with Crippen LogP contribution in [0.25, 0.3) is 0 Å². The van der Waals surface area contributed by atoms with Gasteiger partial charge in [0, 0.05) is 18.5 Å². The summed E-state index contributed by atoms with van der Waals surface area (Å²) in [5, 5.41) is 3.15. The number of thioether (sulfide) groups is 1. The number of nitrogens with one attached hydrogen (secondary N) is 1. The molecule has 1 aliphatic heterocycles. The van der Waals surface area contributed by atoms with Gasteiger partial charge in [0.2, 0.25) is 5.91 Å². The average molecular weight is 256 g/mol. The standard InChI is InChI=1S/C13H24N2OS/c14-11-3-1-2-4-12(11)15-13(16)9-10-5-7-17-8-6-10/h10-12H,1-9,14H2,(H,15,16). The highest BCUT2D eigenvalue weighted by Crippen LogP contribution is 2.25. The summed E-state index contributed by atoms with van der Waals surface area (Å²) in [7, 11) is 0. The van der Waals surface area contributed by atoms with Crippen molar-refractivity contribution in [3.05, 3.63) is 0 Å². The third kappa shape index (κ3) is 4.18. The van der Waals surface area contributed by atoms with Crippen LogP contribution in [0.1, 0.15) is 44.9 Å². The van der Waals surface area contributed by atoms with Gasteiger partial charge in [0.25, 0.3) is 0 Å². The van der Waals surface area contributed by atoms with Crippen molar-refractivity contribution in [3.8, 4) is 0 Å². The average Bonchev–Trinajstić information content (AvgIpc) is 2.33. The summed E-state index contributed by atoms with van der Waals surface area (Å²) in [5.41, 5.74) is 6.04. The molecule has 0 bridgehead atoms. The first-order valence-corrected chi connectivity index (χ1v) is 8.04. The van der Waals surface area contributed by atoms with Gasteiger partial charge in [-0.05, 0) is 43.1 Å². The van der Waals surface area contributed by atoms with Crippen LogP contribution in [0.5, 0.6) is 0 Å². The molecule has 1 heterocycles. The molecule has 0 aromatic rings. The third-order valence-electron chi connectivity index (χ3n) is 3.98. The fourth-order valence-electron chi connectivity index (χ4n) is 2.82. The van der Waals surface area contributed by atoms with Gasteiger partial charge in [0.15, 0.2) is 0 Å². The Morgan fingerprint density at radius 1 is 1.18 bits per heavy atom. The zero-order valence-corrected chi connectivity index (χ0v) is 11.3. The van der Waals surface area contributed by atoms with Crippen molar-refractivity contribution in [1.29, 1.82) is 0 Å². The van der Waals surface area contributed by atoms with E-state index in [-0.39, 0.29) is 18.0 Å². The van der Waals surface area contributed by atoms with E-state index >= 15 is 0 Å². The molecule has 98 valence electrons. The lowest BCUT2D eigenvalue weighted by Gasteiger charge is -2.30. The second-order valence-electron chi connectivity index (χ2n) is 5.38. The Morgan fingerprint density at radius 2 is 1.88 bits per heavy atom. The van der Waals surface area contributed by atoms with Gasteiger partial charge in [0.05, 0.1) is 0 Å². The number of carbonyl (C=O) groups excluding carboxylic acids is 1. The quantitative estimate of drug-likeness (QED) is 0.811. The SMILES string of the molecule is NC1CCCCC1NC(=O)CC1CCSCC1. The maximum atomic E-state index is 12.0. The van der Waals surface area contributed by atoms with Gasteiger partial charge < -0.3 is 11.1 Å². The van der Waals surface area contributed by atoms with Crippen molar-refractivity contribution in [3.63, 3.8) is 0 Å². The van der Waals surface area contributed by atoms with Crippen LogP contribution in [0.4, 0.5) is 0 Å². The van der Waals surface area contributed by atoms with E-state index in [4.69, 9.17) is 5.73 Å². The van der Waals surface area contributed by atoms with Crippen LogP contribution in [-0.2, 0) is 4.79 Å². The molecule has 2 unspecified atom stereocenters. The third-order valence-corrected chi connectivity index (χ3v) is 5.03. The Balaban J connectivity index is 1.72. The summed E-state index contributed by atoms with van der Waals surface area (Å²) in [6, 6.07) is 0.406. The van der Waals surface area contributed by atoms with Crippen molar-refractivity contribution in [1.82, 2.24) is 5.32 Å². The number of hydrogen-bond acceptors (Lipinski definition) is 3. The lowest BCUT2D eigenvalue weighted by Crippen LogP contribution is -2.49. The molecule has 2 aliphatic rings. The van der Waals surface area contributed by atoms with Crippen molar-refractivity contribution in [2.75, 3.05) is 11.5 Å². The van der Waals surface area contributed by atoms with E-state index in [2.05, 4.69) is 5.32 Å². The number of carbonyl (C=O) groups is 1. The normalized spacial score (nSPS) is 31.1. The number of rotatable bonds is 3. The highest BCUT2D eigenvalue weighted by atomic mass is 32.2. The van der Waals surface area contributed by atoms with Gasteiger partial charge in [-0.1, -0.05) is 12.8 Å².